The number of nitrogens with two attached hydrogens (primary N) is 1. The molecule has 2 rings (SSSR count). The smallest absolute Gasteiger partial charge is 0.122 e. The second kappa shape index (κ2) is 5.31. The molecule has 0 aromatic heterocycles. The quantitative estimate of drug-likeness (QED) is 0.647. The zero-order chi connectivity index (χ0) is 13.3. The number of nitrogens with zero attached hydrogens (tertiary/aromatic N) is 1. The van der Waals surface area contributed by atoms with Crippen molar-refractivity contribution >= 4 is 27.5 Å². The predicted molar refractivity (Wildman–Crippen MR) is 80.4 cm³/mol. The van der Waals surface area contributed by atoms with E-state index >= 15 is 0 Å². The van der Waals surface area contributed by atoms with E-state index in [0.717, 1.165) is 22.5 Å². The zero-order valence-corrected chi connectivity index (χ0v) is 12.5. The standard InChI is InChI=1S/C14H20BrN3/c1-9(2)18(8-10-3-4-10)13-6-5-11(14(16)17)7-12(13)15/h5-7,9-10H,3-4,8H2,1-2H3,(H3,16,17). The summed E-state index contributed by atoms with van der Waals surface area (Å²) in [6, 6.07) is 6.39. The van der Waals surface area contributed by atoms with Crippen LogP contribution in [0, 0.1) is 11.3 Å². The monoisotopic (exact) mass is 309 g/mol. The molecular weight excluding hydrogens is 290 g/mol. The van der Waals surface area contributed by atoms with Gasteiger partial charge in [0.25, 0.3) is 0 Å². The molecule has 0 amide bonds. The van der Waals surface area contributed by atoms with Gasteiger partial charge in [-0.05, 0) is 66.7 Å². The molecule has 3 nitrogen and oxygen atoms in total. The van der Waals surface area contributed by atoms with Crippen molar-refractivity contribution in [1.82, 2.24) is 0 Å². The lowest BCUT2D eigenvalue weighted by atomic mass is 10.1. The minimum absolute atomic E-state index is 0.112. The third kappa shape index (κ3) is 3.05. The van der Waals surface area contributed by atoms with Crippen molar-refractivity contribution in [3.63, 3.8) is 0 Å². The van der Waals surface area contributed by atoms with Gasteiger partial charge in [-0.2, -0.15) is 0 Å². The fourth-order valence-corrected chi connectivity index (χ4v) is 2.68. The second-order valence-electron chi connectivity index (χ2n) is 5.27. The van der Waals surface area contributed by atoms with Crippen molar-refractivity contribution in [2.75, 3.05) is 11.4 Å². The highest BCUT2D eigenvalue weighted by atomic mass is 79.9. The van der Waals surface area contributed by atoms with Crippen LogP contribution in [0.5, 0.6) is 0 Å². The van der Waals surface area contributed by atoms with Crippen molar-refractivity contribution in [3.05, 3.63) is 28.2 Å². The van der Waals surface area contributed by atoms with E-state index in [2.05, 4.69) is 40.7 Å². The number of nitrogens with one attached hydrogen (secondary N) is 1. The van der Waals surface area contributed by atoms with Gasteiger partial charge in [0.15, 0.2) is 0 Å². The van der Waals surface area contributed by atoms with Crippen LogP contribution in [0.3, 0.4) is 0 Å². The summed E-state index contributed by atoms with van der Waals surface area (Å²) in [5.74, 6) is 0.965. The van der Waals surface area contributed by atoms with Crippen LogP contribution < -0.4 is 10.6 Å². The maximum absolute atomic E-state index is 7.46. The van der Waals surface area contributed by atoms with Gasteiger partial charge in [0, 0.05) is 22.6 Å². The number of amidine groups is 1. The molecular formula is C14H20BrN3. The zero-order valence-electron chi connectivity index (χ0n) is 10.9. The Morgan fingerprint density at radius 2 is 2.17 bits per heavy atom. The highest BCUT2D eigenvalue weighted by Crippen LogP contribution is 2.35. The van der Waals surface area contributed by atoms with E-state index in [9.17, 15) is 0 Å². The van der Waals surface area contributed by atoms with Crippen molar-refractivity contribution in [2.24, 2.45) is 11.7 Å². The Hall–Kier alpha value is -1.03. The van der Waals surface area contributed by atoms with Crippen LogP contribution in [0.25, 0.3) is 0 Å². The highest BCUT2D eigenvalue weighted by Gasteiger charge is 2.26. The second-order valence-corrected chi connectivity index (χ2v) is 6.12. The van der Waals surface area contributed by atoms with E-state index in [1.165, 1.54) is 18.5 Å². The van der Waals surface area contributed by atoms with Crippen LogP contribution in [0.1, 0.15) is 32.3 Å². The molecule has 18 heavy (non-hydrogen) atoms. The summed E-state index contributed by atoms with van der Waals surface area (Å²) in [5, 5.41) is 7.46. The first-order valence-electron chi connectivity index (χ1n) is 6.39. The van der Waals surface area contributed by atoms with Crippen molar-refractivity contribution < 1.29 is 0 Å². The van der Waals surface area contributed by atoms with Crippen LogP contribution in [-0.2, 0) is 0 Å². The Labute approximate surface area is 117 Å². The summed E-state index contributed by atoms with van der Waals surface area (Å²) in [5.41, 5.74) is 7.47. The topological polar surface area (TPSA) is 53.1 Å². The molecule has 3 N–H and O–H groups in total. The number of halogens is 1. The first-order valence-corrected chi connectivity index (χ1v) is 7.19. The molecule has 1 aromatic carbocycles. The van der Waals surface area contributed by atoms with Crippen LogP contribution >= 0.6 is 15.9 Å². The van der Waals surface area contributed by atoms with Crippen LogP contribution in [-0.4, -0.2) is 18.4 Å². The molecule has 1 fully saturated rings. The molecule has 0 atom stereocenters. The summed E-state index contributed by atoms with van der Waals surface area (Å²) in [6.07, 6.45) is 2.71. The van der Waals surface area contributed by atoms with Gasteiger partial charge < -0.3 is 10.6 Å². The lowest BCUT2D eigenvalue weighted by Gasteiger charge is -2.30. The fourth-order valence-electron chi connectivity index (χ4n) is 2.07. The number of anilines is 1. The Balaban J connectivity index is 2.26. The third-order valence-corrected chi connectivity index (χ3v) is 3.98. The van der Waals surface area contributed by atoms with E-state index in [0.29, 0.717) is 6.04 Å². The van der Waals surface area contributed by atoms with Crippen LogP contribution in [0.4, 0.5) is 5.69 Å². The minimum atomic E-state index is 0.112. The van der Waals surface area contributed by atoms with Gasteiger partial charge >= 0.3 is 0 Å². The van der Waals surface area contributed by atoms with E-state index < -0.39 is 0 Å². The number of rotatable bonds is 5. The molecule has 1 saturated carbocycles. The normalized spacial score (nSPS) is 14.9. The summed E-state index contributed by atoms with van der Waals surface area (Å²) in [4.78, 5) is 2.42. The molecule has 1 aliphatic rings. The number of nitrogen functional groups attached to an aromatic ring is 1. The highest BCUT2D eigenvalue weighted by molar-refractivity contribution is 9.10. The van der Waals surface area contributed by atoms with Gasteiger partial charge in [-0.1, -0.05) is 0 Å². The van der Waals surface area contributed by atoms with E-state index in [1.807, 2.05) is 12.1 Å². The lowest BCUT2D eigenvalue weighted by molar-refractivity contribution is 0.643. The van der Waals surface area contributed by atoms with Crippen LogP contribution in [0.15, 0.2) is 22.7 Å². The minimum Gasteiger partial charge on any atom is -0.384 e. The van der Waals surface area contributed by atoms with Gasteiger partial charge in [-0.15, -0.1) is 0 Å². The molecule has 1 aromatic rings. The summed E-state index contributed by atoms with van der Waals surface area (Å²) in [6.45, 7) is 5.55. The Morgan fingerprint density at radius 3 is 2.61 bits per heavy atom. The molecule has 0 saturated heterocycles. The number of hydrogen-bond donors (Lipinski definition) is 2. The summed E-state index contributed by atoms with van der Waals surface area (Å²) >= 11 is 3.60. The molecule has 0 aliphatic heterocycles. The molecule has 0 bridgehead atoms. The molecule has 0 radical (unpaired) electrons. The first-order chi connectivity index (χ1) is 8.49. The van der Waals surface area contributed by atoms with Gasteiger partial charge in [-0.25, -0.2) is 0 Å². The first kappa shape index (κ1) is 13.4. The Bertz CT molecular complexity index is 452. The van der Waals surface area contributed by atoms with E-state index in [4.69, 9.17) is 11.1 Å². The van der Waals surface area contributed by atoms with Crippen molar-refractivity contribution in [3.8, 4) is 0 Å². The average molecular weight is 310 g/mol. The number of benzene rings is 1. The van der Waals surface area contributed by atoms with Crippen molar-refractivity contribution in [1.29, 1.82) is 5.41 Å². The molecule has 0 heterocycles. The molecule has 98 valence electrons. The van der Waals surface area contributed by atoms with E-state index in [-0.39, 0.29) is 5.84 Å². The maximum Gasteiger partial charge on any atom is 0.122 e. The number of hydrogen-bond acceptors (Lipinski definition) is 2. The molecule has 0 unspecified atom stereocenters. The van der Waals surface area contributed by atoms with Crippen molar-refractivity contribution in [2.45, 2.75) is 32.7 Å². The molecule has 0 spiro atoms. The fraction of sp³-hybridized carbons (Fsp3) is 0.500. The average Bonchev–Trinajstić information content (AvgIpc) is 3.09. The van der Waals surface area contributed by atoms with Gasteiger partial charge in [-0.3, -0.25) is 5.41 Å². The third-order valence-electron chi connectivity index (χ3n) is 3.34. The van der Waals surface area contributed by atoms with Gasteiger partial charge in [0.05, 0.1) is 5.69 Å². The van der Waals surface area contributed by atoms with E-state index in [1.54, 1.807) is 0 Å². The lowest BCUT2D eigenvalue weighted by Crippen LogP contribution is -2.33. The predicted octanol–water partition coefficient (Wildman–Crippen LogP) is 3.36. The molecule has 4 heteroatoms. The van der Waals surface area contributed by atoms with Crippen LogP contribution in [0.2, 0.25) is 0 Å². The Kier molecular flexibility index (Phi) is 3.95. The molecule has 1 aliphatic carbocycles. The largest absolute Gasteiger partial charge is 0.384 e. The summed E-state index contributed by atoms with van der Waals surface area (Å²) < 4.78 is 1.02. The van der Waals surface area contributed by atoms with Gasteiger partial charge in [0.2, 0.25) is 0 Å². The summed E-state index contributed by atoms with van der Waals surface area (Å²) in [7, 11) is 0. The SMILES string of the molecule is CC(C)N(CC1CC1)c1ccc(C(=N)N)cc1Br. The van der Waals surface area contributed by atoms with Gasteiger partial charge in [0.1, 0.15) is 5.84 Å². The maximum atomic E-state index is 7.46. The Morgan fingerprint density at radius 1 is 1.50 bits per heavy atom.